The molecule has 0 saturated heterocycles. The van der Waals surface area contributed by atoms with Crippen LogP contribution in [0.3, 0.4) is 0 Å². The van der Waals surface area contributed by atoms with E-state index in [0.717, 1.165) is 24.4 Å². The van der Waals surface area contributed by atoms with Crippen LogP contribution in [0.1, 0.15) is 15.9 Å². The molecule has 0 unspecified atom stereocenters. The van der Waals surface area contributed by atoms with Crippen LogP contribution in [-0.2, 0) is 6.18 Å². The number of hydrogen-bond acceptors (Lipinski definition) is 2. The van der Waals surface area contributed by atoms with Gasteiger partial charge in [-0.3, -0.25) is 4.79 Å². The maximum absolute atomic E-state index is 12.9. The van der Waals surface area contributed by atoms with Crippen molar-refractivity contribution in [1.29, 1.82) is 0 Å². The Bertz CT molecular complexity index is 688. The second-order valence-electron chi connectivity index (χ2n) is 4.05. The molecule has 1 amide bonds. The number of carbonyl (C=O) groups is 1. The first-order valence-electron chi connectivity index (χ1n) is 5.56. The fourth-order valence-corrected chi connectivity index (χ4v) is 2.07. The predicted molar refractivity (Wildman–Crippen MR) is 71.3 cm³/mol. The van der Waals surface area contributed by atoms with Crippen molar-refractivity contribution >= 4 is 27.5 Å². The van der Waals surface area contributed by atoms with Crippen molar-refractivity contribution in [2.24, 2.45) is 0 Å². The highest BCUT2D eigenvalue weighted by molar-refractivity contribution is 9.10. The van der Waals surface area contributed by atoms with Crippen molar-refractivity contribution in [1.82, 2.24) is 4.98 Å². The van der Waals surface area contributed by atoms with Crippen molar-refractivity contribution in [2.75, 3.05) is 5.32 Å². The van der Waals surface area contributed by atoms with E-state index in [1.807, 2.05) is 0 Å². The Kier molecular flexibility index (Phi) is 4.26. The van der Waals surface area contributed by atoms with Gasteiger partial charge in [0, 0.05) is 28.0 Å². The molecule has 2 rings (SSSR count). The number of rotatable bonds is 2. The quantitative estimate of drug-likeness (QED) is 0.640. The van der Waals surface area contributed by atoms with E-state index in [9.17, 15) is 22.4 Å². The first-order valence-corrected chi connectivity index (χ1v) is 6.36. The van der Waals surface area contributed by atoms with Crippen molar-refractivity contribution < 1.29 is 22.4 Å². The second-order valence-corrected chi connectivity index (χ2v) is 4.96. The summed E-state index contributed by atoms with van der Waals surface area (Å²) in [7, 11) is 0. The number of anilines is 1. The Morgan fingerprint density at radius 1 is 1.19 bits per heavy atom. The topological polar surface area (TPSA) is 42.0 Å². The zero-order chi connectivity index (χ0) is 15.6. The zero-order valence-electron chi connectivity index (χ0n) is 10.2. The molecule has 0 aliphatic carbocycles. The Balaban J connectivity index is 2.27. The molecule has 1 aromatic carbocycles. The number of alkyl halides is 3. The van der Waals surface area contributed by atoms with Crippen LogP contribution in [0.15, 0.2) is 41.0 Å². The molecule has 8 heteroatoms. The molecule has 0 saturated carbocycles. The number of amides is 1. The standard InChI is InChI=1S/C13H7BrF4N2O/c14-9-4-8(13(16,17)18)5-10(6-9)20-12(21)7-1-2-19-11(15)3-7/h1-6H,(H,20,21). The molecule has 0 fully saturated rings. The first-order chi connectivity index (χ1) is 9.75. The van der Waals surface area contributed by atoms with Gasteiger partial charge in [-0.1, -0.05) is 15.9 Å². The van der Waals surface area contributed by atoms with Gasteiger partial charge in [0.05, 0.1) is 5.56 Å². The van der Waals surface area contributed by atoms with Crippen LogP contribution in [0.25, 0.3) is 0 Å². The Hall–Kier alpha value is -1.96. The minimum atomic E-state index is -4.54. The largest absolute Gasteiger partial charge is 0.416 e. The predicted octanol–water partition coefficient (Wildman–Crippen LogP) is 4.25. The van der Waals surface area contributed by atoms with E-state index in [4.69, 9.17) is 0 Å². The van der Waals surface area contributed by atoms with Gasteiger partial charge >= 0.3 is 6.18 Å². The highest BCUT2D eigenvalue weighted by Crippen LogP contribution is 2.33. The summed E-state index contributed by atoms with van der Waals surface area (Å²) < 4.78 is 51.1. The van der Waals surface area contributed by atoms with Crippen molar-refractivity contribution in [3.63, 3.8) is 0 Å². The summed E-state index contributed by atoms with van der Waals surface area (Å²) >= 11 is 2.94. The number of pyridine rings is 1. The fourth-order valence-electron chi connectivity index (χ4n) is 1.57. The molecular formula is C13H7BrF4N2O. The van der Waals surface area contributed by atoms with Crippen LogP contribution in [0, 0.1) is 5.95 Å². The lowest BCUT2D eigenvalue weighted by molar-refractivity contribution is -0.137. The summed E-state index contributed by atoms with van der Waals surface area (Å²) in [5.74, 6) is -1.59. The highest BCUT2D eigenvalue weighted by atomic mass is 79.9. The molecule has 0 bridgehead atoms. The molecule has 0 atom stereocenters. The number of halogens is 5. The average molecular weight is 363 g/mol. The summed E-state index contributed by atoms with van der Waals surface area (Å²) in [6.45, 7) is 0. The Morgan fingerprint density at radius 2 is 1.90 bits per heavy atom. The van der Waals surface area contributed by atoms with E-state index in [0.29, 0.717) is 0 Å². The average Bonchev–Trinajstić information content (AvgIpc) is 2.37. The summed E-state index contributed by atoms with van der Waals surface area (Å²) in [6.07, 6.45) is -3.45. The van der Waals surface area contributed by atoms with Gasteiger partial charge in [0.1, 0.15) is 0 Å². The number of carbonyl (C=O) groups excluding carboxylic acids is 1. The van der Waals surface area contributed by atoms with E-state index >= 15 is 0 Å². The summed E-state index contributed by atoms with van der Waals surface area (Å²) in [4.78, 5) is 15.1. The number of nitrogens with one attached hydrogen (secondary N) is 1. The molecular weight excluding hydrogens is 356 g/mol. The van der Waals surface area contributed by atoms with Crippen molar-refractivity contribution in [2.45, 2.75) is 6.18 Å². The molecule has 3 nitrogen and oxygen atoms in total. The first kappa shape index (κ1) is 15.4. The third-order valence-electron chi connectivity index (χ3n) is 2.47. The van der Waals surface area contributed by atoms with Crippen molar-refractivity contribution in [3.8, 4) is 0 Å². The zero-order valence-corrected chi connectivity index (χ0v) is 11.8. The van der Waals surface area contributed by atoms with Crippen LogP contribution in [0.5, 0.6) is 0 Å². The second kappa shape index (κ2) is 5.80. The minimum Gasteiger partial charge on any atom is -0.322 e. The number of benzene rings is 1. The maximum atomic E-state index is 12.9. The van der Waals surface area contributed by atoms with Gasteiger partial charge in [-0.05, 0) is 24.3 Å². The molecule has 0 aliphatic heterocycles. The molecule has 0 aliphatic rings. The van der Waals surface area contributed by atoms with Gasteiger partial charge in [-0.15, -0.1) is 0 Å². The van der Waals surface area contributed by atoms with Gasteiger partial charge in [0.25, 0.3) is 5.91 Å². The third kappa shape index (κ3) is 4.01. The molecule has 110 valence electrons. The number of aromatic nitrogens is 1. The molecule has 2 aromatic rings. The van der Waals surface area contributed by atoms with Crippen LogP contribution in [0.4, 0.5) is 23.2 Å². The number of hydrogen-bond donors (Lipinski definition) is 1. The molecule has 0 spiro atoms. The van der Waals surface area contributed by atoms with E-state index in [2.05, 4.69) is 26.2 Å². The van der Waals surface area contributed by atoms with Crippen LogP contribution in [0.2, 0.25) is 0 Å². The lowest BCUT2D eigenvalue weighted by atomic mass is 10.2. The summed E-state index contributed by atoms with van der Waals surface area (Å²) in [5, 5.41) is 2.28. The highest BCUT2D eigenvalue weighted by Gasteiger charge is 2.31. The van der Waals surface area contributed by atoms with Gasteiger partial charge in [0.2, 0.25) is 5.95 Å². The Labute approximate surface area is 125 Å². The molecule has 1 aromatic heterocycles. The SMILES string of the molecule is O=C(Nc1cc(Br)cc(C(F)(F)F)c1)c1ccnc(F)c1. The lowest BCUT2D eigenvalue weighted by Gasteiger charge is -2.11. The molecule has 1 N–H and O–H groups in total. The maximum Gasteiger partial charge on any atom is 0.416 e. The lowest BCUT2D eigenvalue weighted by Crippen LogP contribution is -2.13. The molecule has 21 heavy (non-hydrogen) atoms. The van der Waals surface area contributed by atoms with Gasteiger partial charge < -0.3 is 5.32 Å². The van der Waals surface area contributed by atoms with E-state index in [1.165, 1.54) is 12.1 Å². The van der Waals surface area contributed by atoms with Gasteiger partial charge in [-0.25, -0.2) is 4.98 Å². The third-order valence-corrected chi connectivity index (χ3v) is 2.93. The normalized spacial score (nSPS) is 11.3. The van der Waals surface area contributed by atoms with Crippen LogP contribution >= 0.6 is 15.9 Å². The van der Waals surface area contributed by atoms with E-state index in [1.54, 1.807) is 0 Å². The van der Waals surface area contributed by atoms with E-state index < -0.39 is 23.6 Å². The fraction of sp³-hybridized carbons (Fsp3) is 0.0769. The summed E-state index contributed by atoms with van der Waals surface area (Å²) in [5.41, 5.74) is -1.01. The van der Waals surface area contributed by atoms with Crippen LogP contribution < -0.4 is 5.32 Å². The van der Waals surface area contributed by atoms with Gasteiger partial charge in [-0.2, -0.15) is 17.6 Å². The van der Waals surface area contributed by atoms with Crippen molar-refractivity contribution in [3.05, 3.63) is 58.1 Å². The van der Waals surface area contributed by atoms with Crippen LogP contribution in [-0.4, -0.2) is 10.9 Å². The van der Waals surface area contributed by atoms with E-state index in [-0.39, 0.29) is 15.7 Å². The van der Waals surface area contributed by atoms with Gasteiger partial charge in [0.15, 0.2) is 0 Å². The summed E-state index contributed by atoms with van der Waals surface area (Å²) in [6, 6.07) is 5.13. The molecule has 0 radical (unpaired) electrons. The smallest absolute Gasteiger partial charge is 0.322 e. The minimum absolute atomic E-state index is 0.0453. The monoisotopic (exact) mass is 362 g/mol. The Morgan fingerprint density at radius 3 is 2.52 bits per heavy atom. The molecule has 1 heterocycles. The number of nitrogens with zero attached hydrogens (tertiary/aromatic N) is 1.